The predicted octanol–water partition coefficient (Wildman–Crippen LogP) is 4.13. The van der Waals surface area contributed by atoms with Gasteiger partial charge < -0.3 is 13.6 Å². The second-order valence-electron chi connectivity index (χ2n) is 6.64. The van der Waals surface area contributed by atoms with Crippen LogP contribution in [-0.4, -0.2) is 37.3 Å². The molecule has 4 radical (unpaired) electrons. The topological polar surface area (TPSA) is 94.6 Å². The number of ether oxygens (including phenoxy) is 1. The molecule has 0 aromatic heterocycles. The van der Waals surface area contributed by atoms with Gasteiger partial charge in [-0.1, -0.05) is 32.8 Å². The van der Waals surface area contributed by atoms with Crippen molar-refractivity contribution < 1.29 is 18.5 Å². The third-order valence-electron chi connectivity index (χ3n) is 4.12. The highest BCUT2D eigenvalue weighted by atomic mass is 28.2. The molecule has 0 saturated carbocycles. The van der Waals surface area contributed by atoms with E-state index < -0.39 is 4.92 Å². The minimum absolute atomic E-state index is 0.0263. The summed E-state index contributed by atoms with van der Waals surface area (Å²) in [7, 11) is 0.783. The first-order valence-electron chi connectivity index (χ1n) is 8.82. The largest absolute Gasteiger partial charge is 0.492 e. The number of nitrogens with zero attached hydrogens (tertiary/aromatic N) is 2. The molecular formula is C18H26N2O5Si2. The van der Waals surface area contributed by atoms with Crippen LogP contribution in [0.4, 0.5) is 5.69 Å². The Labute approximate surface area is 166 Å². The van der Waals surface area contributed by atoms with Crippen LogP contribution in [0.1, 0.15) is 45.1 Å². The van der Waals surface area contributed by atoms with Gasteiger partial charge in [0.15, 0.2) is 5.56 Å². The van der Waals surface area contributed by atoms with Crippen molar-refractivity contribution in [2.24, 2.45) is 5.41 Å². The Bertz CT molecular complexity index is 643. The van der Waals surface area contributed by atoms with Crippen LogP contribution < -0.4 is 4.74 Å². The molecule has 1 aromatic rings. The first-order valence-corrected chi connectivity index (χ1v) is 11.6. The van der Waals surface area contributed by atoms with E-state index in [1.54, 1.807) is 6.07 Å². The van der Waals surface area contributed by atoms with E-state index in [2.05, 4.69) is 13.8 Å². The molecule has 0 heterocycles. The summed E-state index contributed by atoms with van der Waals surface area (Å²) in [4.78, 5) is 10.4. The van der Waals surface area contributed by atoms with Crippen molar-refractivity contribution in [2.75, 3.05) is 6.61 Å². The Morgan fingerprint density at radius 2 is 1.89 bits per heavy atom. The van der Waals surface area contributed by atoms with Crippen LogP contribution in [0.3, 0.4) is 0 Å². The second kappa shape index (κ2) is 11.9. The molecule has 0 saturated heterocycles. The Hall–Kier alpha value is -1.74. The van der Waals surface area contributed by atoms with Gasteiger partial charge in [0.1, 0.15) is 18.1 Å². The fourth-order valence-electron chi connectivity index (χ4n) is 2.62. The van der Waals surface area contributed by atoms with Gasteiger partial charge in [-0.15, -0.1) is 0 Å². The Morgan fingerprint density at radius 1 is 1.22 bits per heavy atom. The third-order valence-corrected chi connectivity index (χ3v) is 5.02. The third kappa shape index (κ3) is 7.42. The zero-order chi connectivity index (χ0) is 20.3. The van der Waals surface area contributed by atoms with Gasteiger partial charge in [0.2, 0.25) is 19.5 Å². The molecule has 0 fully saturated rings. The molecule has 0 amide bonds. The van der Waals surface area contributed by atoms with E-state index in [4.69, 9.17) is 18.9 Å². The molecule has 27 heavy (non-hydrogen) atoms. The number of rotatable bonds is 13. The van der Waals surface area contributed by atoms with Gasteiger partial charge >= 0.3 is 0 Å². The quantitative estimate of drug-likeness (QED) is 0.161. The fraction of sp³-hybridized carbons (Fsp3) is 0.611. The smallest absolute Gasteiger partial charge is 0.290 e. The summed E-state index contributed by atoms with van der Waals surface area (Å²) in [6.07, 6.45) is 3.53. The van der Waals surface area contributed by atoms with Crippen molar-refractivity contribution in [3.63, 3.8) is 0 Å². The molecule has 0 bridgehead atoms. The molecular weight excluding hydrogens is 380 g/mol. The lowest BCUT2D eigenvalue weighted by atomic mass is 9.86. The van der Waals surface area contributed by atoms with Gasteiger partial charge in [0.05, 0.1) is 11.5 Å². The lowest BCUT2D eigenvalue weighted by Gasteiger charge is -2.34. The lowest BCUT2D eigenvalue weighted by molar-refractivity contribution is -0.385. The number of nitro groups is 1. The maximum absolute atomic E-state index is 11.0. The molecule has 0 unspecified atom stereocenters. The summed E-state index contributed by atoms with van der Waals surface area (Å²) in [5.41, 5.74) is -0.321. The Morgan fingerprint density at radius 3 is 2.44 bits per heavy atom. The average molecular weight is 407 g/mol. The SMILES string of the molecule is C[Si]OC(O[Si]C)C(C)(C)CCCCCOc1cccc([N+](=O)[O-])c1C#N. The molecule has 0 aliphatic rings. The van der Waals surface area contributed by atoms with Crippen molar-refractivity contribution in [1.29, 1.82) is 5.26 Å². The van der Waals surface area contributed by atoms with Gasteiger partial charge in [0.25, 0.3) is 5.69 Å². The molecule has 7 nitrogen and oxygen atoms in total. The number of nitriles is 1. The molecule has 0 atom stereocenters. The highest BCUT2D eigenvalue weighted by molar-refractivity contribution is 6.26. The molecule has 0 aliphatic carbocycles. The average Bonchev–Trinajstić information content (AvgIpc) is 2.63. The Kier molecular flexibility index (Phi) is 10.2. The minimum atomic E-state index is -0.568. The summed E-state index contributed by atoms with van der Waals surface area (Å²) in [6.45, 7) is 8.70. The second-order valence-corrected chi connectivity index (χ2v) is 7.93. The van der Waals surface area contributed by atoms with E-state index in [1.165, 1.54) is 12.1 Å². The van der Waals surface area contributed by atoms with E-state index in [1.807, 2.05) is 19.2 Å². The van der Waals surface area contributed by atoms with E-state index in [-0.39, 0.29) is 28.7 Å². The van der Waals surface area contributed by atoms with Crippen LogP contribution in [0.2, 0.25) is 13.1 Å². The molecule has 9 heteroatoms. The molecule has 0 spiro atoms. The number of hydrogen-bond acceptors (Lipinski definition) is 6. The van der Waals surface area contributed by atoms with E-state index in [9.17, 15) is 10.1 Å². The van der Waals surface area contributed by atoms with Crippen molar-refractivity contribution >= 4 is 25.2 Å². The monoisotopic (exact) mass is 406 g/mol. The summed E-state index contributed by atoms with van der Waals surface area (Å²) in [6, 6.07) is 6.28. The van der Waals surface area contributed by atoms with Crippen molar-refractivity contribution in [3.05, 3.63) is 33.9 Å². The predicted molar refractivity (Wildman–Crippen MR) is 105 cm³/mol. The maximum atomic E-state index is 11.0. The van der Waals surface area contributed by atoms with Gasteiger partial charge in [-0.25, -0.2) is 0 Å². The molecule has 146 valence electrons. The number of hydrogen-bond donors (Lipinski definition) is 0. The lowest BCUT2D eigenvalue weighted by Crippen LogP contribution is -2.36. The van der Waals surface area contributed by atoms with E-state index >= 15 is 0 Å². The summed E-state index contributed by atoms with van der Waals surface area (Å²) < 4.78 is 17.1. The van der Waals surface area contributed by atoms with Crippen molar-refractivity contribution in [3.8, 4) is 11.8 Å². The van der Waals surface area contributed by atoms with Crippen molar-refractivity contribution in [1.82, 2.24) is 0 Å². The number of unbranched alkanes of at least 4 members (excludes halogenated alkanes) is 2. The molecule has 1 rings (SSSR count). The molecule has 0 N–H and O–H groups in total. The summed E-state index contributed by atoms with van der Waals surface area (Å²) in [5.74, 6) is 0.266. The maximum Gasteiger partial charge on any atom is 0.290 e. The van der Waals surface area contributed by atoms with Crippen LogP contribution in [0, 0.1) is 26.9 Å². The zero-order valence-electron chi connectivity index (χ0n) is 16.3. The number of nitro benzene ring substituents is 1. The standard InChI is InChI=1S/C18H26N2O5Si2/c1-18(2,17(24-26-3)25-27-4)11-6-5-7-12-23-16-10-8-9-15(20(21)22)14(16)13-19/h8-10,17H,5-7,11-12H2,1-4H3. The first kappa shape index (κ1) is 23.3. The first-order chi connectivity index (χ1) is 12.9. The van der Waals surface area contributed by atoms with Gasteiger partial charge in [-0.2, -0.15) is 5.26 Å². The van der Waals surface area contributed by atoms with Gasteiger partial charge in [-0.05, 0) is 32.0 Å². The number of benzene rings is 1. The normalized spacial score (nSPS) is 11.4. The molecule has 1 aromatic carbocycles. The van der Waals surface area contributed by atoms with Gasteiger partial charge in [0, 0.05) is 11.5 Å². The van der Waals surface area contributed by atoms with Crippen LogP contribution in [0.15, 0.2) is 18.2 Å². The Balaban J connectivity index is 2.44. The zero-order valence-corrected chi connectivity index (χ0v) is 18.3. The highest BCUT2D eigenvalue weighted by Gasteiger charge is 2.29. The summed E-state index contributed by atoms with van der Waals surface area (Å²) >= 11 is 0. The summed E-state index contributed by atoms with van der Waals surface area (Å²) in [5, 5.41) is 20.1. The van der Waals surface area contributed by atoms with Crippen molar-refractivity contribution in [2.45, 2.75) is 58.9 Å². The van der Waals surface area contributed by atoms with Crippen LogP contribution in [0.5, 0.6) is 5.75 Å². The van der Waals surface area contributed by atoms with E-state index in [0.717, 1.165) is 25.7 Å². The van der Waals surface area contributed by atoms with E-state index in [0.29, 0.717) is 26.1 Å². The van der Waals surface area contributed by atoms with Gasteiger partial charge in [-0.3, -0.25) is 10.1 Å². The van der Waals surface area contributed by atoms with Crippen LogP contribution >= 0.6 is 0 Å². The molecule has 0 aliphatic heterocycles. The highest BCUT2D eigenvalue weighted by Crippen LogP contribution is 2.31. The fourth-order valence-corrected chi connectivity index (χ4v) is 3.88. The van der Waals surface area contributed by atoms with Crippen LogP contribution in [0.25, 0.3) is 0 Å². The minimum Gasteiger partial charge on any atom is -0.492 e. The van der Waals surface area contributed by atoms with Crippen LogP contribution in [-0.2, 0) is 8.85 Å².